The molecule has 5 nitrogen and oxygen atoms in total. The van der Waals surface area contributed by atoms with E-state index in [1.165, 1.54) is 16.2 Å². The first-order valence-corrected chi connectivity index (χ1v) is 8.73. The van der Waals surface area contributed by atoms with Crippen molar-refractivity contribution in [3.05, 3.63) is 46.3 Å². The molecule has 0 radical (unpaired) electrons. The second kappa shape index (κ2) is 6.55. The number of hydrogen-bond acceptors (Lipinski definition) is 6. The van der Waals surface area contributed by atoms with E-state index in [1.54, 1.807) is 17.7 Å². The molecule has 118 valence electrons. The molecule has 0 unspecified atom stereocenters. The Morgan fingerprint density at radius 2 is 2.13 bits per heavy atom. The van der Waals surface area contributed by atoms with E-state index in [9.17, 15) is 4.79 Å². The van der Waals surface area contributed by atoms with Gasteiger partial charge in [0.2, 0.25) is 0 Å². The molecule has 7 heteroatoms. The van der Waals surface area contributed by atoms with E-state index >= 15 is 0 Å². The highest BCUT2D eigenvalue weighted by molar-refractivity contribution is 8.19. The van der Waals surface area contributed by atoms with Gasteiger partial charge in [0.15, 0.2) is 10.3 Å². The zero-order chi connectivity index (χ0) is 16.4. The number of rotatable bonds is 4. The van der Waals surface area contributed by atoms with Crippen LogP contribution in [-0.4, -0.2) is 22.2 Å². The lowest BCUT2D eigenvalue weighted by atomic mass is 10.2. The average molecular weight is 345 g/mol. The van der Waals surface area contributed by atoms with Crippen LogP contribution in [0.5, 0.6) is 5.75 Å². The second-order valence-electron chi connectivity index (χ2n) is 5.08. The van der Waals surface area contributed by atoms with Crippen molar-refractivity contribution in [3.63, 3.8) is 0 Å². The van der Waals surface area contributed by atoms with Crippen LogP contribution >= 0.6 is 23.1 Å². The summed E-state index contributed by atoms with van der Waals surface area (Å²) in [5.74, 6) is 0.497. The quantitative estimate of drug-likeness (QED) is 0.851. The van der Waals surface area contributed by atoms with Gasteiger partial charge in [-0.15, -0.1) is 11.3 Å². The fourth-order valence-electron chi connectivity index (χ4n) is 2.09. The van der Waals surface area contributed by atoms with Gasteiger partial charge in [-0.2, -0.15) is 0 Å². The number of nitrogens with zero attached hydrogens (tertiary/aromatic N) is 2. The van der Waals surface area contributed by atoms with Gasteiger partial charge in [-0.3, -0.25) is 10.2 Å². The summed E-state index contributed by atoms with van der Waals surface area (Å²) in [6, 6.07) is 7.56. The maximum atomic E-state index is 12.6. The SMILES string of the molecule is CC(C)Oc1ccccc1/C=C1\SC(=N)N(c2nccs2)C1=O. The fraction of sp³-hybridized carbons (Fsp3) is 0.188. The molecule has 1 fully saturated rings. The molecule has 2 aromatic rings. The molecular weight excluding hydrogens is 330 g/mol. The molecule has 1 aromatic heterocycles. The predicted molar refractivity (Wildman–Crippen MR) is 95.1 cm³/mol. The molecule has 1 saturated heterocycles. The summed E-state index contributed by atoms with van der Waals surface area (Å²) < 4.78 is 5.77. The normalized spacial score (nSPS) is 16.7. The highest BCUT2D eigenvalue weighted by Gasteiger charge is 2.35. The first-order chi connectivity index (χ1) is 11.1. The molecule has 0 saturated carbocycles. The maximum Gasteiger partial charge on any atom is 0.273 e. The number of thioether (sulfide) groups is 1. The number of para-hydroxylation sites is 1. The number of aromatic nitrogens is 1. The molecule has 0 bridgehead atoms. The van der Waals surface area contributed by atoms with Crippen LogP contribution < -0.4 is 9.64 Å². The number of amidine groups is 1. The summed E-state index contributed by atoms with van der Waals surface area (Å²) in [6.07, 6.45) is 3.44. The predicted octanol–water partition coefficient (Wildman–Crippen LogP) is 3.99. The molecule has 1 aliphatic heterocycles. The zero-order valence-electron chi connectivity index (χ0n) is 12.6. The largest absolute Gasteiger partial charge is 0.490 e. The van der Waals surface area contributed by atoms with Crippen molar-refractivity contribution in [2.24, 2.45) is 0 Å². The number of thiazole rings is 1. The zero-order valence-corrected chi connectivity index (χ0v) is 14.3. The lowest BCUT2D eigenvalue weighted by Crippen LogP contribution is -2.27. The third kappa shape index (κ3) is 3.30. The molecule has 0 atom stereocenters. The number of ether oxygens (including phenoxy) is 1. The van der Waals surface area contributed by atoms with Gasteiger partial charge in [0.1, 0.15) is 5.75 Å². The van der Waals surface area contributed by atoms with Crippen LogP contribution in [0.25, 0.3) is 6.08 Å². The Hall–Kier alpha value is -2.12. The van der Waals surface area contributed by atoms with Gasteiger partial charge in [-0.25, -0.2) is 9.88 Å². The monoisotopic (exact) mass is 345 g/mol. The van der Waals surface area contributed by atoms with Crippen molar-refractivity contribution in [1.29, 1.82) is 5.41 Å². The maximum absolute atomic E-state index is 12.6. The van der Waals surface area contributed by atoms with E-state index in [1.807, 2.05) is 38.1 Å². The first kappa shape index (κ1) is 15.8. The number of nitrogens with one attached hydrogen (secondary N) is 1. The molecule has 1 aromatic carbocycles. The molecule has 2 heterocycles. The Balaban J connectivity index is 1.92. The molecule has 1 amide bonds. The Kier molecular flexibility index (Phi) is 4.49. The van der Waals surface area contributed by atoms with Gasteiger partial charge in [-0.05, 0) is 37.8 Å². The molecule has 1 N–H and O–H groups in total. The minimum atomic E-state index is -0.227. The summed E-state index contributed by atoms with van der Waals surface area (Å²) in [5, 5.41) is 10.5. The van der Waals surface area contributed by atoms with Crippen molar-refractivity contribution in [2.75, 3.05) is 4.90 Å². The number of carbonyl (C=O) groups excluding carboxylic acids is 1. The van der Waals surface area contributed by atoms with Crippen molar-refractivity contribution < 1.29 is 9.53 Å². The lowest BCUT2D eigenvalue weighted by molar-refractivity contribution is -0.113. The summed E-state index contributed by atoms with van der Waals surface area (Å²) in [4.78, 5) is 18.5. The van der Waals surface area contributed by atoms with Crippen molar-refractivity contribution in [2.45, 2.75) is 20.0 Å². The molecule has 0 aliphatic carbocycles. The van der Waals surface area contributed by atoms with Crippen LogP contribution in [-0.2, 0) is 4.79 Å². The summed E-state index contributed by atoms with van der Waals surface area (Å²) in [7, 11) is 0. The Morgan fingerprint density at radius 1 is 1.35 bits per heavy atom. The average Bonchev–Trinajstić information content (AvgIpc) is 3.10. The van der Waals surface area contributed by atoms with Gasteiger partial charge in [0.05, 0.1) is 11.0 Å². The van der Waals surface area contributed by atoms with E-state index in [4.69, 9.17) is 10.1 Å². The van der Waals surface area contributed by atoms with Gasteiger partial charge in [-0.1, -0.05) is 18.2 Å². The third-order valence-corrected chi connectivity index (χ3v) is 4.65. The number of amides is 1. The second-order valence-corrected chi connectivity index (χ2v) is 6.98. The van der Waals surface area contributed by atoms with Crippen LogP contribution in [0.2, 0.25) is 0 Å². The third-order valence-electron chi connectivity index (χ3n) is 3.00. The van der Waals surface area contributed by atoms with Crippen LogP contribution in [0, 0.1) is 5.41 Å². The summed E-state index contributed by atoms with van der Waals surface area (Å²) in [6.45, 7) is 3.92. The smallest absolute Gasteiger partial charge is 0.273 e. The summed E-state index contributed by atoms with van der Waals surface area (Å²) in [5.41, 5.74) is 0.825. The summed E-state index contributed by atoms with van der Waals surface area (Å²) >= 11 is 2.47. The minimum absolute atomic E-state index is 0.0478. The minimum Gasteiger partial charge on any atom is -0.490 e. The van der Waals surface area contributed by atoms with E-state index < -0.39 is 0 Å². The number of carbonyl (C=O) groups is 1. The first-order valence-electron chi connectivity index (χ1n) is 7.04. The van der Waals surface area contributed by atoms with E-state index in [-0.39, 0.29) is 17.2 Å². The number of hydrogen-bond donors (Lipinski definition) is 1. The number of anilines is 1. The van der Waals surface area contributed by atoms with Crippen LogP contribution in [0.4, 0.5) is 5.13 Å². The molecule has 1 aliphatic rings. The van der Waals surface area contributed by atoms with Crippen molar-refractivity contribution in [3.8, 4) is 5.75 Å². The standard InChI is InChI=1S/C16H15N3O2S2/c1-10(2)21-12-6-4-3-5-11(12)9-13-14(20)19(15(17)23-13)16-18-7-8-22-16/h3-10,17H,1-2H3/b13-9-,17-15?. The molecule has 23 heavy (non-hydrogen) atoms. The molecule has 0 spiro atoms. The van der Waals surface area contributed by atoms with E-state index in [0.29, 0.717) is 10.0 Å². The fourth-order valence-corrected chi connectivity index (χ4v) is 3.63. The Labute approximate surface area is 142 Å². The van der Waals surface area contributed by atoms with Gasteiger partial charge in [0, 0.05) is 17.1 Å². The van der Waals surface area contributed by atoms with Crippen molar-refractivity contribution in [1.82, 2.24) is 4.98 Å². The highest BCUT2D eigenvalue weighted by atomic mass is 32.2. The Morgan fingerprint density at radius 3 is 2.83 bits per heavy atom. The van der Waals surface area contributed by atoms with Gasteiger partial charge in [0.25, 0.3) is 5.91 Å². The Bertz CT molecular complexity index is 769. The van der Waals surface area contributed by atoms with Crippen molar-refractivity contribution >= 4 is 45.4 Å². The van der Waals surface area contributed by atoms with E-state index in [0.717, 1.165) is 23.1 Å². The van der Waals surface area contributed by atoms with Crippen LogP contribution in [0.15, 0.2) is 40.7 Å². The number of benzene rings is 1. The van der Waals surface area contributed by atoms with Crippen LogP contribution in [0.1, 0.15) is 19.4 Å². The van der Waals surface area contributed by atoms with E-state index in [2.05, 4.69) is 4.98 Å². The molecule has 3 rings (SSSR count). The van der Waals surface area contributed by atoms with Crippen LogP contribution in [0.3, 0.4) is 0 Å². The van der Waals surface area contributed by atoms with Gasteiger partial charge >= 0.3 is 0 Å². The topological polar surface area (TPSA) is 66.3 Å². The molecular formula is C16H15N3O2S2. The van der Waals surface area contributed by atoms with Gasteiger partial charge < -0.3 is 4.74 Å². The lowest BCUT2D eigenvalue weighted by Gasteiger charge is -2.12. The highest BCUT2D eigenvalue weighted by Crippen LogP contribution is 2.37.